The number of rotatable bonds is 5. The van der Waals surface area contributed by atoms with Gasteiger partial charge in [-0.3, -0.25) is 4.79 Å². The molecular formula is C31H28N4O4. The van der Waals surface area contributed by atoms with E-state index in [0.717, 1.165) is 49.7 Å². The van der Waals surface area contributed by atoms with Crippen molar-refractivity contribution in [2.45, 2.75) is 25.7 Å². The van der Waals surface area contributed by atoms with E-state index in [1.165, 1.54) is 16.8 Å². The second-order valence-electron chi connectivity index (χ2n) is 9.74. The number of nitriles is 1. The summed E-state index contributed by atoms with van der Waals surface area (Å²) in [5.74, 6) is 0.708. The Morgan fingerprint density at radius 2 is 1.85 bits per heavy atom. The molecule has 8 nitrogen and oxygen atoms in total. The highest BCUT2D eigenvalue weighted by molar-refractivity contribution is 6.06. The van der Waals surface area contributed by atoms with Gasteiger partial charge in [0.1, 0.15) is 11.1 Å². The topological polar surface area (TPSA) is 100 Å². The van der Waals surface area contributed by atoms with Crippen molar-refractivity contribution in [3.8, 4) is 17.6 Å². The van der Waals surface area contributed by atoms with E-state index in [1.54, 1.807) is 56.7 Å². The molecule has 0 saturated carbocycles. The summed E-state index contributed by atoms with van der Waals surface area (Å²) in [7, 11) is 3.11. The van der Waals surface area contributed by atoms with Gasteiger partial charge in [0, 0.05) is 41.5 Å². The summed E-state index contributed by atoms with van der Waals surface area (Å²) in [5, 5.41) is 13.2. The van der Waals surface area contributed by atoms with Crippen LogP contribution >= 0.6 is 0 Å². The number of hydrogen-bond acceptors (Lipinski definition) is 7. The minimum Gasteiger partial charge on any atom is -0.493 e. The van der Waals surface area contributed by atoms with Crippen molar-refractivity contribution in [1.82, 2.24) is 0 Å². The molecule has 39 heavy (non-hydrogen) atoms. The monoisotopic (exact) mass is 520 g/mol. The van der Waals surface area contributed by atoms with E-state index in [1.807, 2.05) is 6.07 Å². The van der Waals surface area contributed by atoms with Crippen molar-refractivity contribution in [3.63, 3.8) is 0 Å². The van der Waals surface area contributed by atoms with Crippen molar-refractivity contribution in [1.29, 1.82) is 5.26 Å². The lowest BCUT2D eigenvalue weighted by molar-refractivity contribution is 0.102. The fraction of sp³-hybridized carbons (Fsp3) is 0.258. The second kappa shape index (κ2) is 10.2. The van der Waals surface area contributed by atoms with Gasteiger partial charge in [0.15, 0.2) is 11.5 Å². The van der Waals surface area contributed by atoms with Crippen molar-refractivity contribution < 1.29 is 18.7 Å². The van der Waals surface area contributed by atoms with Crippen LogP contribution in [-0.4, -0.2) is 33.2 Å². The number of benzene rings is 3. The van der Waals surface area contributed by atoms with Crippen LogP contribution in [0.4, 0.5) is 17.1 Å². The summed E-state index contributed by atoms with van der Waals surface area (Å²) in [6.07, 6.45) is 4.10. The molecule has 0 spiro atoms. The van der Waals surface area contributed by atoms with Crippen LogP contribution in [0.25, 0.3) is 11.0 Å². The van der Waals surface area contributed by atoms with Gasteiger partial charge < -0.3 is 24.1 Å². The van der Waals surface area contributed by atoms with E-state index in [0.29, 0.717) is 34.0 Å². The van der Waals surface area contributed by atoms with Gasteiger partial charge in [-0.25, -0.2) is 4.99 Å². The van der Waals surface area contributed by atoms with Crippen LogP contribution in [0.1, 0.15) is 39.9 Å². The first-order chi connectivity index (χ1) is 19.1. The zero-order valence-corrected chi connectivity index (χ0v) is 21.9. The first-order valence-corrected chi connectivity index (χ1v) is 13.0. The number of aryl methyl sites for hydroxylation is 2. The molecule has 1 amide bonds. The van der Waals surface area contributed by atoms with Crippen molar-refractivity contribution in [2.24, 2.45) is 4.99 Å². The maximum Gasteiger partial charge on any atom is 0.261 e. The molecular weight excluding hydrogens is 492 g/mol. The number of anilines is 2. The Morgan fingerprint density at radius 1 is 1.03 bits per heavy atom. The average molecular weight is 521 g/mol. The number of amides is 1. The summed E-state index contributed by atoms with van der Waals surface area (Å²) >= 11 is 0. The maximum atomic E-state index is 13.7. The van der Waals surface area contributed by atoms with Gasteiger partial charge in [0.25, 0.3) is 5.91 Å². The van der Waals surface area contributed by atoms with E-state index < -0.39 is 0 Å². The summed E-state index contributed by atoms with van der Waals surface area (Å²) in [4.78, 5) is 20.9. The quantitative estimate of drug-likeness (QED) is 0.373. The summed E-state index contributed by atoms with van der Waals surface area (Å²) < 4.78 is 17.2. The lowest BCUT2D eigenvalue weighted by Crippen LogP contribution is -2.34. The number of fused-ring (bicyclic) bond motifs is 2. The normalized spacial score (nSPS) is 14.5. The van der Waals surface area contributed by atoms with Crippen LogP contribution in [0.3, 0.4) is 0 Å². The Hall–Kier alpha value is -4.77. The predicted octanol–water partition coefficient (Wildman–Crippen LogP) is 5.51. The van der Waals surface area contributed by atoms with Gasteiger partial charge in [0.2, 0.25) is 5.55 Å². The predicted molar refractivity (Wildman–Crippen MR) is 149 cm³/mol. The molecule has 1 aromatic heterocycles. The SMILES string of the molecule is COc1ccc(NC(=O)c2cc3cc4c5c(c3oc2=Nc2cccc(C#N)c2)CCCN5CCC4)cc1OC. The van der Waals surface area contributed by atoms with E-state index in [2.05, 4.69) is 22.4 Å². The minimum absolute atomic E-state index is 0.194. The molecule has 0 radical (unpaired) electrons. The fourth-order valence-electron chi connectivity index (χ4n) is 5.57. The number of ether oxygens (including phenoxy) is 2. The van der Waals surface area contributed by atoms with Crippen molar-refractivity contribution in [3.05, 3.63) is 82.4 Å². The molecule has 2 aliphatic heterocycles. The molecule has 0 unspecified atom stereocenters. The average Bonchev–Trinajstić information content (AvgIpc) is 2.97. The molecule has 4 aromatic rings. The highest BCUT2D eigenvalue weighted by Crippen LogP contribution is 2.40. The Kier molecular flexibility index (Phi) is 6.41. The highest BCUT2D eigenvalue weighted by atomic mass is 16.5. The smallest absolute Gasteiger partial charge is 0.261 e. The van der Waals surface area contributed by atoms with Crippen LogP contribution in [0.15, 0.2) is 64.0 Å². The first kappa shape index (κ1) is 24.6. The standard InChI is InChI=1S/C31H28N4O4/c1-37-26-11-10-23(17-27(26)38-2)33-30(36)25-16-21-15-20-7-4-12-35-13-5-9-24(28(20)35)29(21)39-31(25)34-22-8-3-6-19(14-22)18-32/h3,6,8,10-11,14-17H,4-5,7,9,12-13H2,1-2H3,(H,33,36). The lowest BCUT2D eigenvalue weighted by Gasteiger charge is -2.37. The number of hydrogen-bond donors (Lipinski definition) is 1. The number of nitrogens with zero attached hydrogens (tertiary/aromatic N) is 3. The number of methoxy groups -OCH3 is 2. The molecule has 0 aliphatic carbocycles. The maximum absolute atomic E-state index is 13.7. The molecule has 0 bridgehead atoms. The molecule has 1 N–H and O–H groups in total. The van der Waals surface area contributed by atoms with Crippen LogP contribution in [-0.2, 0) is 12.8 Å². The number of nitrogens with one attached hydrogen (secondary N) is 1. The Balaban J connectivity index is 1.52. The van der Waals surface area contributed by atoms with Crippen LogP contribution in [0.2, 0.25) is 0 Å². The van der Waals surface area contributed by atoms with Crippen LogP contribution < -0.4 is 25.2 Å². The molecule has 6 rings (SSSR count). The van der Waals surface area contributed by atoms with Crippen molar-refractivity contribution in [2.75, 3.05) is 37.5 Å². The van der Waals surface area contributed by atoms with Crippen molar-refractivity contribution >= 4 is 33.9 Å². The molecule has 0 saturated heterocycles. The molecule has 0 atom stereocenters. The highest BCUT2D eigenvalue weighted by Gasteiger charge is 2.27. The summed E-state index contributed by atoms with van der Waals surface area (Å²) in [5.41, 5.74) is 6.58. The molecule has 8 heteroatoms. The third-order valence-electron chi connectivity index (χ3n) is 7.32. The molecule has 3 heterocycles. The van der Waals surface area contributed by atoms with E-state index in [4.69, 9.17) is 18.9 Å². The van der Waals surface area contributed by atoms with Gasteiger partial charge in [-0.05, 0) is 73.7 Å². The number of carbonyl (C=O) groups is 1. The Labute approximate surface area is 226 Å². The third kappa shape index (κ3) is 4.57. The van der Waals surface area contributed by atoms with Crippen LogP contribution in [0, 0.1) is 11.3 Å². The largest absolute Gasteiger partial charge is 0.493 e. The van der Waals surface area contributed by atoms with E-state index in [-0.39, 0.29) is 11.5 Å². The third-order valence-corrected chi connectivity index (χ3v) is 7.32. The molecule has 0 fully saturated rings. The summed E-state index contributed by atoms with van der Waals surface area (Å²) in [6, 6.07) is 18.3. The molecule has 196 valence electrons. The van der Waals surface area contributed by atoms with Gasteiger partial charge >= 0.3 is 0 Å². The Morgan fingerprint density at radius 3 is 2.64 bits per heavy atom. The van der Waals surface area contributed by atoms with Gasteiger partial charge in [0.05, 0.1) is 31.5 Å². The molecule has 2 aliphatic rings. The van der Waals surface area contributed by atoms with Gasteiger partial charge in [-0.1, -0.05) is 6.07 Å². The van der Waals surface area contributed by atoms with Crippen LogP contribution in [0.5, 0.6) is 11.5 Å². The molecule has 3 aromatic carbocycles. The first-order valence-electron chi connectivity index (χ1n) is 13.0. The summed E-state index contributed by atoms with van der Waals surface area (Å²) in [6.45, 7) is 2.10. The number of carbonyl (C=O) groups excluding carboxylic acids is 1. The van der Waals surface area contributed by atoms with Gasteiger partial charge in [-0.15, -0.1) is 0 Å². The van der Waals surface area contributed by atoms with Gasteiger partial charge in [-0.2, -0.15) is 5.26 Å². The second-order valence-corrected chi connectivity index (χ2v) is 9.74. The Bertz CT molecular complexity index is 1710. The fourth-order valence-corrected chi connectivity index (χ4v) is 5.57. The van der Waals surface area contributed by atoms with E-state index >= 15 is 0 Å². The van der Waals surface area contributed by atoms with E-state index in [9.17, 15) is 10.1 Å². The minimum atomic E-state index is -0.365. The lowest BCUT2D eigenvalue weighted by atomic mass is 9.90. The zero-order chi connectivity index (χ0) is 26.9. The zero-order valence-electron chi connectivity index (χ0n) is 21.9.